The van der Waals surface area contributed by atoms with Crippen molar-refractivity contribution in [3.05, 3.63) is 40.8 Å². The van der Waals surface area contributed by atoms with Gasteiger partial charge in [-0.25, -0.2) is 4.31 Å². The van der Waals surface area contributed by atoms with Crippen molar-refractivity contribution in [1.82, 2.24) is 4.31 Å². The van der Waals surface area contributed by atoms with E-state index in [1.54, 1.807) is 11.9 Å². The number of nitrogens with zero attached hydrogens (tertiary/aromatic N) is 1. The first-order chi connectivity index (χ1) is 6.84. The number of halogens is 1. The fraction of sp³-hybridized carbons (Fsp3) is 0.200. The van der Waals surface area contributed by atoms with Crippen LogP contribution >= 0.6 is 23.5 Å². The Kier molecular flexibility index (Phi) is 3.35. The molecule has 1 aliphatic heterocycles. The monoisotopic (exact) mass is 227 g/mol. The molecule has 1 aromatic carbocycles. The second-order valence-electron chi connectivity index (χ2n) is 2.87. The zero-order chi connectivity index (χ0) is 9.80. The van der Waals surface area contributed by atoms with Gasteiger partial charge in [-0.2, -0.15) is 0 Å². The predicted octanol–water partition coefficient (Wildman–Crippen LogP) is 3.15. The molecule has 2 nitrogen and oxygen atoms in total. The van der Waals surface area contributed by atoms with Gasteiger partial charge in [-0.1, -0.05) is 17.7 Å². The largest absolute Gasteiger partial charge is 0.477 e. The summed E-state index contributed by atoms with van der Waals surface area (Å²) in [6, 6.07) is 7.39. The van der Waals surface area contributed by atoms with E-state index in [1.807, 2.05) is 24.3 Å². The molecule has 0 atom stereocenters. The van der Waals surface area contributed by atoms with Crippen LogP contribution < -0.4 is 4.74 Å². The molecule has 74 valence electrons. The summed E-state index contributed by atoms with van der Waals surface area (Å²) in [6.45, 7) is 1.54. The average Bonchev–Trinajstić information content (AvgIpc) is 2.70. The molecule has 0 aliphatic carbocycles. The van der Waals surface area contributed by atoms with Gasteiger partial charge in [0.25, 0.3) is 0 Å². The molecule has 0 radical (unpaired) electrons. The summed E-state index contributed by atoms with van der Waals surface area (Å²) in [5.41, 5.74) is 0. The molecule has 1 aromatic rings. The Hall–Kier alpha value is -0.640. The lowest BCUT2D eigenvalue weighted by molar-refractivity contribution is 0.225. The fourth-order valence-corrected chi connectivity index (χ4v) is 1.85. The molecule has 1 heterocycles. The third kappa shape index (κ3) is 2.67. The van der Waals surface area contributed by atoms with Gasteiger partial charge in [0.05, 0.1) is 0 Å². The van der Waals surface area contributed by atoms with Crippen LogP contribution in [0.1, 0.15) is 0 Å². The van der Waals surface area contributed by atoms with Crippen LogP contribution in [0.15, 0.2) is 35.7 Å². The maximum Gasteiger partial charge on any atom is 0.151 e. The van der Waals surface area contributed by atoms with Crippen molar-refractivity contribution in [1.29, 1.82) is 0 Å². The van der Waals surface area contributed by atoms with Crippen LogP contribution in [0.25, 0.3) is 0 Å². The maximum absolute atomic E-state index is 5.76. The molecular formula is C10H10ClNOS. The van der Waals surface area contributed by atoms with Crippen LogP contribution in [0.4, 0.5) is 0 Å². The highest BCUT2D eigenvalue weighted by atomic mass is 35.5. The van der Waals surface area contributed by atoms with Gasteiger partial charge < -0.3 is 4.74 Å². The van der Waals surface area contributed by atoms with Crippen molar-refractivity contribution in [2.24, 2.45) is 0 Å². The van der Waals surface area contributed by atoms with Crippen LogP contribution in [0, 0.1) is 0 Å². The molecule has 0 N–H and O–H groups in total. The van der Waals surface area contributed by atoms with E-state index in [0.29, 0.717) is 6.73 Å². The Morgan fingerprint density at radius 1 is 1.36 bits per heavy atom. The second-order valence-corrected chi connectivity index (χ2v) is 4.30. The van der Waals surface area contributed by atoms with Gasteiger partial charge >= 0.3 is 0 Å². The lowest BCUT2D eigenvalue weighted by Crippen LogP contribution is -2.18. The van der Waals surface area contributed by atoms with Crippen LogP contribution in [0.3, 0.4) is 0 Å². The first kappa shape index (κ1) is 9.90. The third-order valence-electron chi connectivity index (χ3n) is 1.80. The van der Waals surface area contributed by atoms with E-state index in [1.165, 1.54) is 0 Å². The van der Waals surface area contributed by atoms with Gasteiger partial charge in [0.15, 0.2) is 6.73 Å². The Labute approximate surface area is 92.6 Å². The zero-order valence-corrected chi connectivity index (χ0v) is 9.09. The van der Waals surface area contributed by atoms with Gasteiger partial charge in [-0.05, 0) is 41.6 Å². The van der Waals surface area contributed by atoms with E-state index < -0.39 is 0 Å². The number of rotatable bonds is 3. The van der Waals surface area contributed by atoms with E-state index in [-0.39, 0.29) is 0 Å². The van der Waals surface area contributed by atoms with Crippen molar-refractivity contribution in [3.63, 3.8) is 0 Å². The van der Waals surface area contributed by atoms with E-state index in [4.69, 9.17) is 16.3 Å². The predicted molar refractivity (Wildman–Crippen MR) is 60.4 cm³/mol. The summed E-state index contributed by atoms with van der Waals surface area (Å²) in [5.74, 6) is 0.849. The molecular weight excluding hydrogens is 218 g/mol. The lowest BCUT2D eigenvalue weighted by atomic mass is 10.3. The van der Waals surface area contributed by atoms with Gasteiger partial charge in [-0.3, -0.25) is 0 Å². The van der Waals surface area contributed by atoms with E-state index >= 15 is 0 Å². The van der Waals surface area contributed by atoms with Crippen molar-refractivity contribution >= 4 is 23.5 Å². The van der Waals surface area contributed by atoms with Gasteiger partial charge in [0.2, 0.25) is 0 Å². The fourth-order valence-electron chi connectivity index (χ4n) is 1.09. The number of ether oxygens (including phenoxy) is 1. The Morgan fingerprint density at radius 2 is 2.14 bits per heavy atom. The van der Waals surface area contributed by atoms with Crippen LogP contribution in [-0.4, -0.2) is 17.6 Å². The first-order valence-electron chi connectivity index (χ1n) is 4.30. The molecule has 0 spiro atoms. The van der Waals surface area contributed by atoms with Crippen molar-refractivity contribution in [2.45, 2.75) is 0 Å². The third-order valence-corrected chi connectivity index (χ3v) is 2.92. The summed E-state index contributed by atoms with van der Waals surface area (Å²) >= 11 is 7.43. The highest BCUT2D eigenvalue weighted by Gasteiger charge is 2.07. The standard InChI is InChI=1S/C10H10ClNOS/c11-9-2-4-10(5-3-9)13-8-12-6-1-7-14-12/h1-5,7H,6,8H2. The Balaban J connectivity index is 1.82. The summed E-state index contributed by atoms with van der Waals surface area (Å²) in [4.78, 5) is 0. The molecule has 0 fully saturated rings. The molecule has 0 amide bonds. The molecule has 2 rings (SSSR count). The Bertz CT molecular complexity index is 317. The molecule has 14 heavy (non-hydrogen) atoms. The topological polar surface area (TPSA) is 12.5 Å². The van der Waals surface area contributed by atoms with Gasteiger partial charge in [-0.15, -0.1) is 0 Å². The molecule has 0 bridgehead atoms. The molecule has 1 aliphatic rings. The number of benzene rings is 1. The summed E-state index contributed by atoms with van der Waals surface area (Å²) in [6.07, 6.45) is 2.11. The first-order valence-corrected chi connectivity index (χ1v) is 5.51. The SMILES string of the molecule is Clc1ccc(OCN2CC=CS2)cc1. The van der Waals surface area contributed by atoms with Gasteiger partial charge in [0, 0.05) is 11.6 Å². The van der Waals surface area contributed by atoms with E-state index in [9.17, 15) is 0 Å². The Morgan fingerprint density at radius 3 is 2.79 bits per heavy atom. The van der Waals surface area contributed by atoms with E-state index in [0.717, 1.165) is 17.3 Å². The molecule has 0 unspecified atom stereocenters. The molecule has 0 saturated heterocycles. The smallest absolute Gasteiger partial charge is 0.151 e. The van der Waals surface area contributed by atoms with Crippen molar-refractivity contribution in [3.8, 4) is 5.75 Å². The minimum atomic E-state index is 0.597. The summed E-state index contributed by atoms with van der Waals surface area (Å²) < 4.78 is 7.67. The maximum atomic E-state index is 5.76. The highest BCUT2D eigenvalue weighted by molar-refractivity contribution is 8.00. The van der Waals surface area contributed by atoms with E-state index in [2.05, 4.69) is 15.8 Å². The van der Waals surface area contributed by atoms with Crippen molar-refractivity contribution < 1.29 is 4.74 Å². The molecule has 0 aromatic heterocycles. The minimum absolute atomic E-state index is 0.597. The normalized spacial score (nSPS) is 16.1. The molecule has 4 heteroatoms. The van der Waals surface area contributed by atoms with Gasteiger partial charge in [0.1, 0.15) is 5.75 Å². The second kappa shape index (κ2) is 4.73. The van der Waals surface area contributed by atoms with Crippen molar-refractivity contribution in [2.75, 3.05) is 13.3 Å². The van der Waals surface area contributed by atoms with Crippen LogP contribution in [0.2, 0.25) is 5.02 Å². The lowest BCUT2D eigenvalue weighted by Gasteiger charge is -2.14. The number of hydrogen-bond donors (Lipinski definition) is 0. The summed E-state index contributed by atoms with van der Waals surface area (Å²) in [5, 5.41) is 2.79. The summed E-state index contributed by atoms with van der Waals surface area (Å²) in [7, 11) is 0. The minimum Gasteiger partial charge on any atom is -0.477 e. The quantitative estimate of drug-likeness (QED) is 0.737. The number of hydrogen-bond acceptors (Lipinski definition) is 3. The van der Waals surface area contributed by atoms with Crippen LogP contribution in [-0.2, 0) is 0 Å². The van der Waals surface area contributed by atoms with Crippen LogP contribution in [0.5, 0.6) is 5.75 Å². The average molecular weight is 228 g/mol. The molecule has 0 saturated carbocycles. The highest BCUT2D eigenvalue weighted by Crippen LogP contribution is 2.20. The zero-order valence-electron chi connectivity index (χ0n) is 7.52.